The lowest BCUT2D eigenvalue weighted by Crippen LogP contribution is -2.16. The van der Waals surface area contributed by atoms with E-state index in [0.717, 1.165) is 5.56 Å². The van der Waals surface area contributed by atoms with E-state index in [0.29, 0.717) is 15.6 Å². The summed E-state index contributed by atoms with van der Waals surface area (Å²) in [5.74, 6) is -0.779. The summed E-state index contributed by atoms with van der Waals surface area (Å²) in [6, 6.07) is 8.30. The first kappa shape index (κ1) is 13.2. The highest BCUT2D eigenvalue weighted by Gasteiger charge is 2.18. The number of hydrogen-bond acceptors (Lipinski definition) is 1. The minimum absolute atomic E-state index is 0.339. The average molecular weight is 312 g/mol. The summed E-state index contributed by atoms with van der Waals surface area (Å²) in [6.07, 6.45) is 0. The van der Waals surface area contributed by atoms with Crippen molar-refractivity contribution in [3.63, 3.8) is 0 Å². The predicted octanol–water partition coefficient (Wildman–Crippen LogP) is 4.08. The molecule has 1 nitrogen and oxygen atoms in total. The minimum Gasteiger partial charge on any atom is -0.320 e. The van der Waals surface area contributed by atoms with E-state index >= 15 is 0 Å². The third kappa shape index (κ3) is 2.44. The van der Waals surface area contributed by atoms with Crippen LogP contribution in [0.2, 0.25) is 0 Å². The van der Waals surface area contributed by atoms with Gasteiger partial charge in [0.15, 0.2) is 0 Å². The van der Waals surface area contributed by atoms with Gasteiger partial charge in [-0.15, -0.1) is 0 Å². The summed E-state index contributed by atoms with van der Waals surface area (Å²) in [6.45, 7) is 1.82. The van der Waals surface area contributed by atoms with E-state index in [2.05, 4.69) is 15.9 Å². The van der Waals surface area contributed by atoms with Crippen LogP contribution in [0.1, 0.15) is 22.7 Å². The summed E-state index contributed by atoms with van der Waals surface area (Å²) >= 11 is 3.27. The lowest BCUT2D eigenvalue weighted by molar-refractivity contribution is 0.593. The molecule has 0 aliphatic rings. The molecule has 0 fully saturated rings. The summed E-state index contributed by atoms with van der Waals surface area (Å²) in [5, 5.41) is 0. The summed E-state index contributed by atoms with van der Waals surface area (Å²) in [5.41, 5.74) is 7.81. The van der Waals surface area contributed by atoms with Crippen molar-refractivity contribution in [1.82, 2.24) is 0 Å². The van der Waals surface area contributed by atoms with Gasteiger partial charge in [-0.25, -0.2) is 8.78 Å². The molecule has 2 aromatic rings. The Hall–Kier alpha value is -1.26. The first-order chi connectivity index (χ1) is 8.50. The van der Waals surface area contributed by atoms with Crippen molar-refractivity contribution in [1.29, 1.82) is 0 Å². The van der Waals surface area contributed by atoms with Gasteiger partial charge in [0.25, 0.3) is 0 Å². The molecule has 0 saturated heterocycles. The van der Waals surface area contributed by atoms with Crippen LogP contribution in [0.15, 0.2) is 40.9 Å². The van der Waals surface area contributed by atoms with Gasteiger partial charge in [0.05, 0.1) is 6.04 Å². The molecular formula is C14H12BrF2N. The van der Waals surface area contributed by atoms with Crippen LogP contribution in [0.25, 0.3) is 0 Å². The molecule has 0 spiro atoms. The van der Waals surface area contributed by atoms with E-state index in [-0.39, 0.29) is 5.82 Å². The van der Waals surface area contributed by atoms with Crippen LogP contribution >= 0.6 is 15.9 Å². The van der Waals surface area contributed by atoms with Crippen LogP contribution in [0.4, 0.5) is 8.78 Å². The topological polar surface area (TPSA) is 26.0 Å². The summed E-state index contributed by atoms with van der Waals surface area (Å²) in [4.78, 5) is 0. The second-order valence-corrected chi connectivity index (χ2v) is 4.97. The molecule has 0 heterocycles. The molecule has 0 aliphatic carbocycles. The molecule has 0 aromatic heterocycles. The molecule has 2 rings (SSSR count). The lowest BCUT2D eigenvalue weighted by atomic mass is 9.95. The van der Waals surface area contributed by atoms with E-state index in [9.17, 15) is 8.78 Å². The minimum atomic E-state index is -0.698. The molecule has 2 aromatic carbocycles. The van der Waals surface area contributed by atoms with E-state index in [4.69, 9.17) is 5.73 Å². The fourth-order valence-electron chi connectivity index (χ4n) is 1.91. The maximum absolute atomic E-state index is 13.8. The van der Waals surface area contributed by atoms with Crippen molar-refractivity contribution >= 4 is 15.9 Å². The SMILES string of the molecule is Cc1ccc(F)cc1C(N)c1c(F)cccc1Br. The Morgan fingerprint density at radius 3 is 2.56 bits per heavy atom. The Labute approximate surface area is 113 Å². The standard InChI is InChI=1S/C14H12BrF2N/c1-8-5-6-9(16)7-10(8)14(18)13-11(15)3-2-4-12(13)17/h2-7,14H,18H2,1H3. The largest absolute Gasteiger partial charge is 0.320 e. The molecule has 2 N–H and O–H groups in total. The van der Waals surface area contributed by atoms with E-state index in [1.54, 1.807) is 18.2 Å². The third-order valence-corrected chi connectivity index (χ3v) is 3.58. The Morgan fingerprint density at radius 2 is 1.89 bits per heavy atom. The molecule has 0 saturated carbocycles. The van der Waals surface area contributed by atoms with Crippen LogP contribution in [-0.2, 0) is 0 Å². The number of hydrogen-bond donors (Lipinski definition) is 1. The second kappa shape index (κ2) is 5.16. The van der Waals surface area contributed by atoms with Gasteiger partial charge >= 0.3 is 0 Å². The molecule has 0 radical (unpaired) electrons. The number of nitrogens with two attached hydrogens (primary N) is 1. The van der Waals surface area contributed by atoms with Crippen LogP contribution in [0.5, 0.6) is 0 Å². The van der Waals surface area contributed by atoms with Gasteiger partial charge in [0, 0.05) is 10.0 Å². The van der Waals surface area contributed by atoms with Gasteiger partial charge in [-0.05, 0) is 42.3 Å². The van der Waals surface area contributed by atoms with Gasteiger partial charge in [-0.3, -0.25) is 0 Å². The van der Waals surface area contributed by atoms with Crippen molar-refractivity contribution in [3.05, 3.63) is 69.2 Å². The zero-order valence-corrected chi connectivity index (χ0v) is 11.3. The van der Waals surface area contributed by atoms with Gasteiger partial charge in [0.1, 0.15) is 11.6 Å². The summed E-state index contributed by atoms with van der Waals surface area (Å²) in [7, 11) is 0. The van der Waals surface area contributed by atoms with Crippen molar-refractivity contribution < 1.29 is 8.78 Å². The number of halogens is 3. The number of aryl methyl sites for hydroxylation is 1. The van der Waals surface area contributed by atoms with Crippen LogP contribution in [0, 0.1) is 18.6 Å². The fourth-order valence-corrected chi connectivity index (χ4v) is 2.50. The van der Waals surface area contributed by atoms with E-state index < -0.39 is 11.9 Å². The fraction of sp³-hybridized carbons (Fsp3) is 0.143. The van der Waals surface area contributed by atoms with Crippen molar-refractivity contribution in [2.75, 3.05) is 0 Å². The Morgan fingerprint density at radius 1 is 1.17 bits per heavy atom. The number of benzene rings is 2. The third-order valence-electron chi connectivity index (χ3n) is 2.89. The van der Waals surface area contributed by atoms with Gasteiger partial charge in [0.2, 0.25) is 0 Å². The number of rotatable bonds is 2. The lowest BCUT2D eigenvalue weighted by Gasteiger charge is -2.17. The molecule has 0 amide bonds. The maximum Gasteiger partial charge on any atom is 0.129 e. The van der Waals surface area contributed by atoms with Gasteiger partial charge in [-0.2, -0.15) is 0 Å². The molecule has 4 heteroatoms. The molecule has 94 valence electrons. The first-order valence-corrected chi connectivity index (χ1v) is 6.25. The molecule has 1 unspecified atom stereocenters. The predicted molar refractivity (Wildman–Crippen MR) is 71.3 cm³/mol. The first-order valence-electron chi connectivity index (χ1n) is 5.46. The zero-order valence-electron chi connectivity index (χ0n) is 9.75. The molecule has 18 heavy (non-hydrogen) atoms. The molecule has 0 aliphatic heterocycles. The normalized spacial score (nSPS) is 12.5. The van der Waals surface area contributed by atoms with Crippen molar-refractivity contribution in [3.8, 4) is 0 Å². The van der Waals surface area contributed by atoms with E-state index in [1.807, 2.05) is 6.92 Å². The van der Waals surface area contributed by atoms with Crippen LogP contribution in [-0.4, -0.2) is 0 Å². The monoisotopic (exact) mass is 311 g/mol. The van der Waals surface area contributed by atoms with Crippen LogP contribution < -0.4 is 5.73 Å². The molecule has 1 atom stereocenters. The average Bonchev–Trinajstić information content (AvgIpc) is 2.32. The Bertz CT molecular complexity index is 564. The Balaban J connectivity index is 2.54. The quantitative estimate of drug-likeness (QED) is 0.888. The highest BCUT2D eigenvalue weighted by molar-refractivity contribution is 9.10. The van der Waals surface area contributed by atoms with Crippen LogP contribution in [0.3, 0.4) is 0 Å². The maximum atomic E-state index is 13.8. The van der Waals surface area contributed by atoms with E-state index in [1.165, 1.54) is 18.2 Å². The van der Waals surface area contributed by atoms with Gasteiger partial charge < -0.3 is 5.73 Å². The summed E-state index contributed by atoms with van der Waals surface area (Å²) < 4.78 is 27.7. The molecular weight excluding hydrogens is 300 g/mol. The highest BCUT2D eigenvalue weighted by Crippen LogP contribution is 2.30. The zero-order chi connectivity index (χ0) is 13.3. The highest BCUT2D eigenvalue weighted by atomic mass is 79.9. The smallest absolute Gasteiger partial charge is 0.129 e. The van der Waals surface area contributed by atoms with Crippen molar-refractivity contribution in [2.45, 2.75) is 13.0 Å². The Kier molecular flexibility index (Phi) is 3.78. The second-order valence-electron chi connectivity index (χ2n) is 4.11. The molecule has 0 bridgehead atoms. The van der Waals surface area contributed by atoms with Gasteiger partial charge in [-0.1, -0.05) is 28.1 Å². The van der Waals surface area contributed by atoms with Crippen molar-refractivity contribution in [2.24, 2.45) is 5.73 Å².